The summed E-state index contributed by atoms with van der Waals surface area (Å²) >= 11 is 1.62. The number of para-hydroxylation sites is 3. The molecule has 3 aromatic heterocycles. The average molecular weight is 473 g/mol. The van der Waals surface area contributed by atoms with Gasteiger partial charge in [-0.25, -0.2) is 9.67 Å². The van der Waals surface area contributed by atoms with Crippen LogP contribution < -0.4 is 0 Å². The fourth-order valence-corrected chi connectivity index (χ4v) is 4.76. The Balaban J connectivity index is 1.56. The van der Waals surface area contributed by atoms with E-state index in [0.29, 0.717) is 17.0 Å². The van der Waals surface area contributed by atoms with Crippen LogP contribution in [0.4, 0.5) is 0 Å². The minimum atomic E-state index is -0.103. The molecule has 0 spiro atoms. The van der Waals surface area contributed by atoms with E-state index in [1.54, 1.807) is 11.3 Å². The lowest BCUT2D eigenvalue weighted by molar-refractivity contribution is 0.105. The Kier molecular flexibility index (Phi) is 5.41. The normalized spacial score (nSPS) is 11.7. The van der Waals surface area contributed by atoms with Crippen molar-refractivity contribution in [2.24, 2.45) is 0 Å². The zero-order valence-corrected chi connectivity index (χ0v) is 19.4. The first-order valence-corrected chi connectivity index (χ1v) is 12.1. The number of allylic oxidation sites excluding steroid dienone is 1. The number of carbonyl (C=O) groups excluding carboxylic acids is 1. The molecule has 5 nitrogen and oxygen atoms in total. The Morgan fingerprint density at radius 3 is 2.34 bits per heavy atom. The summed E-state index contributed by atoms with van der Waals surface area (Å²) in [4.78, 5) is 22.9. The van der Waals surface area contributed by atoms with Crippen LogP contribution in [0, 0.1) is 0 Å². The fourth-order valence-electron chi connectivity index (χ4n) is 4.03. The number of aromatic amines is 1. The first kappa shape index (κ1) is 21.0. The third-order valence-electron chi connectivity index (χ3n) is 5.74. The number of carbonyl (C=O) groups is 1. The molecule has 6 aromatic rings. The van der Waals surface area contributed by atoms with E-state index < -0.39 is 0 Å². The second-order valence-electron chi connectivity index (χ2n) is 8.05. The molecule has 6 rings (SSSR count). The first-order chi connectivity index (χ1) is 17.3. The van der Waals surface area contributed by atoms with E-state index >= 15 is 0 Å². The maximum atomic E-state index is 13.7. The number of nitrogens with zero attached hydrogens (tertiary/aromatic N) is 3. The molecule has 0 aliphatic rings. The number of hydrogen-bond acceptors (Lipinski definition) is 4. The van der Waals surface area contributed by atoms with E-state index in [0.717, 1.165) is 32.9 Å². The lowest BCUT2D eigenvalue weighted by Gasteiger charge is -2.05. The molecule has 0 aliphatic heterocycles. The van der Waals surface area contributed by atoms with E-state index in [1.165, 1.54) is 0 Å². The van der Waals surface area contributed by atoms with Crippen LogP contribution in [0.2, 0.25) is 0 Å². The van der Waals surface area contributed by atoms with Crippen molar-refractivity contribution in [3.8, 4) is 16.3 Å². The lowest BCUT2D eigenvalue weighted by atomic mass is 10.0. The van der Waals surface area contributed by atoms with Crippen LogP contribution in [-0.4, -0.2) is 25.5 Å². The molecule has 168 valence electrons. The lowest BCUT2D eigenvalue weighted by Crippen LogP contribution is -2.04. The molecular formula is C29H20N4OS. The monoisotopic (exact) mass is 472 g/mol. The maximum Gasteiger partial charge on any atom is 0.196 e. The minimum absolute atomic E-state index is 0.103. The van der Waals surface area contributed by atoms with Gasteiger partial charge in [-0.15, -0.1) is 11.3 Å². The molecule has 6 heteroatoms. The number of aromatic nitrogens is 4. The van der Waals surface area contributed by atoms with Crippen LogP contribution in [0.15, 0.2) is 109 Å². The zero-order valence-electron chi connectivity index (χ0n) is 18.6. The molecule has 0 unspecified atom stereocenters. The Hall–Kier alpha value is -4.55. The number of H-pyrrole nitrogens is 1. The molecule has 0 saturated carbocycles. The predicted octanol–water partition coefficient (Wildman–Crippen LogP) is 6.90. The van der Waals surface area contributed by atoms with Crippen LogP contribution >= 0.6 is 11.3 Å². The van der Waals surface area contributed by atoms with Crippen molar-refractivity contribution in [1.29, 1.82) is 0 Å². The standard InChI is InChI=1S/C29H20N4OS/c34-28(20-10-3-1-4-11-20)23(29-30-24-14-7-8-15-25(24)31-29)18-21-19-33(22-12-5-2-6-13-22)32-27(21)26-16-9-17-35-26/h1-19H,(H,30,31)/b23-18-. The summed E-state index contributed by atoms with van der Waals surface area (Å²) in [6, 6.07) is 31.1. The molecule has 3 heterocycles. The summed E-state index contributed by atoms with van der Waals surface area (Å²) < 4.78 is 1.85. The van der Waals surface area contributed by atoms with Gasteiger partial charge in [0.1, 0.15) is 11.5 Å². The molecule has 0 amide bonds. The van der Waals surface area contributed by atoms with E-state index in [4.69, 9.17) is 10.1 Å². The number of benzene rings is 3. The van der Waals surface area contributed by atoms with Crippen LogP contribution in [0.3, 0.4) is 0 Å². The van der Waals surface area contributed by atoms with Crippen molar-refractivity contribution in [3.63, 3.8) is 0 Å². The van der Waals surface area contributed by atoms with E-state index in [1.807, 2.05) is 119 Å². The molecule has 3 aromatic carbocycles. The van der Waals surface area contributed by atoms with Gasteiger partial charge >= 0.3 is 0 Å². The highest BCUT2D eigenvalue weighted by molar-refractivity contribution is 7.13. The van der Waals surface area contributed by atoms with Crippen molar-refractivity contribution in [2.75, 3.05) is 0 Å². The summed E-state index contributed by atoms with van der Waals surface area (Å²) in [5, 5.41) is 6.91. The first-order valence-electron chi connectivity index (χ1n) is 11.2. The minimum Gasteiger partial charge on any atom is -0.338 e. The number of nitrogens with one attached hydrogen (secondary N) is 1. The van der Waals surface area contributed by atoms with Crippen molar-refractivity contribution in [1.82, 2.24) is 19.7 Å². The van der Waals surface area contributed by atoms with E-state index in [2.05, 4.69) is 4.98 Å². The molecule has 0 radical (unpaired) electrons. The Labute approximate surface area is 206 Å². The number of hydrogen-bond donors (Lipinski definition) is 1. The summed E-state index contributed by atoms with van der Waals surface area (Å²) in [5.41, 5.74) is 5.39. The summed E-state index contributed by atoms with van der Waals surface area (Å²) in [6.45, 7) is 0. The summed E-state index contributed by atoms with van der Waals surface area (Å²) in [7, 11) is 0. The van der Waals surface area contributed by atoms with Gasteiger partial charge in [-0.3, -0.25) is 4.79 Å². The van der Waals surface area contributed by atoms with Crippen molar-refractivity contribution >= 4 is 39.8 Å². The number of imidazole rings is 1. The Bertz CT molecular complexity index is 1610. The number of Topliss-reactive ketones (excluding diaryl/α,β-unsaturated/α-hetero) is 1. The average Bonchev–Trinajstić information content (AvgIpc) is 3.67. The predicted molar refractivity (Wildman–Crippen MR) is 142 cm³/mol. The zero-order chi connectivity index (χ0) is 23.6. The second kappa shape index (κ2) is 9.00. The van der Waals surface area contributed by atoms with Gasteiger partial charge in [0.25, 0.3) is 0 Å². The maximum absolute atomic E-state index is 13.7. The molecular weight excluding hydrogens is 452 g/mol. The van der Waals surface area contributed by atoms with Gasteiger partial charge < -0.3 is 4.98 Å². The van der Waals surface area contributed by atoms with Gasteiger partial charge in [0, 0.05) is 17.3 Å². The van der Waals surface area contributed by atoms with Crippen LogP contribution in [-0.2, 0) is 0 Å². The van der Waals surface area contributed by atoms with Gasteiger partial charge in [0.15, 0.2) is 5.78 Å². The smallest absolute Gasteiger partial charge is 0.196 e. The van der Waals surface area contributed by atoms with E-state index in [9.17, 15) is 4.79 Å². The topological polar surface area (TPSA) is 63.6 Å². The highest BCUT2D eigenvalue weighted by Crippen LogP contribution is 2.31. The van der Waals surface area contributed by atoms with Crippen LogP contribution in [0.1, 0.15) is 21.7 Å². The van der Waals surface area contributed by atoms with Gasteiger partial charge in [-0.1, -0.05) is 66.7 Å². The van der Waals surface area contributed by atoms with Gasteiger partial charge in [-0.2, -0.15) is 5.10 Å². The quantitative estimate of drug-likeness (QED) is 0.212. The summed E-state index contributed by atoms with van der Waals surface area (Å²) in [5.74, 6) is 0.430. The van der Waals surface area contributed by atoms with Gasteiger partial charge in [-0.05, 0) is 41.8 Å². The molecule has 1 N–H and O–H groups in total. The Morgan fingerprint density at radius 2 is 1.60 bits per heavy atom. The largest absolute Gasteiger partial charge is 0.338 e. The molecule has 0 saturated heterocycles. The molecule has 0 atom stereocenters. The van der Waals surface area contributed by atoms with Crippen LogP contribution in [0.25, 0.3) is 38.9 Å². The molecule has 0 bridgehead atoms. The number of thiophene rings is 1. The van der Waals surface area contributed by atoms with Gasteiger partial charge in [0.05, 0.1) is 27.2 Å². The molecule has 35 heavy (non-hydrogen) atoms. The third-order valence-corrected chi connectivity index (χ3v) is 6.62. The second-order valence-corrected chi connectivity index (χ2v) is 8.99. The highest BCUT2D eigenvalue weighted by atomic mass is 32.1. The molecule has 0 aliphatic carbocycles. The number of rotatable bonds is 6. The van der Waals surface area contributed by atoms with Crippen LogP contribution in [0.5, 0.6) is 0 Å². The Morgan fingerprint density at radius 1 is 0.857 bits per heavy atom. The van der Waals surface area contributed by atoms with Crippen molar-refractivity contribution in [3.05, 3.63) is 126 Å². The molecule has 0 fully saturated rings. The van der Waals surface area contributed by atoms with E-state index in [-0.39, 0.29) is 5.78 Å². The highest BCUT2D eigenvalue weighted by Gasteiger charge is 2.20. The van der Waals surface area contributed by atoms with Crippen molar-refractivity contribution < 1.29 is 4.79 Å². The fraction of sp³-hybridized carbons (Fsp3) is 0. The SMILES string of the molecule is O=C(/C(=C/c1cn(-c2ccccc2)nc1-c1cccs1)c1nc2ccccc2[nH]1)c1ccccc1. The van der Waals surface area contributed by atoms with Gasteiger partial charge in [0.2, 0.25) is 0 Å². The number of fused-ring (bicyclic) bond motifs is 1. The summed E-state index contributed by atoms with van der Waals surface area (Å²) in [6.07, 6.45) is 3.86. The third kappa shape index (κ3) is 4.11. The number of ketones is 1. The van der Waals surface area contributed by atoms with Crippen molar-refractivity contribution in [2.45, 2.75) is 0 Å².